The highest BCUT2D eigenvalue weighted by molar-refractivity contribution is 9.10. The van der Waals surface area contributed by atoms with E-state index in [1.807, 2.05) is 12.1 Å². The van der Waals surface area contributed by atoms with Gasteiger partial charge < -0.3 is 19.9 Å². The Balaban J connectivity index is 1.74. The zero-order chi connectivity index (χ0) is 13.0. The maximum absolute atomic E-state index is 9.50. The molecule has 0 bridgehead atoms. The van der Waals surface area contributed by atoms with Gasteiger partial charge in [-0.05, 0) is 23.8 Å². The van der Waals surface area contributed by atoms with Crippen LogP contribution in [0.1, 0.15) is 5.56 Å². The average Bonchev–Trinajstić information content (AvgIpc) is 2.71. The molecule has 0 saturated heterocycles. The van der Waals surface area contributed by atoms with E-state index >= 15 is 0 Å². The Kier molecular flexibility index (Phi) is 5.00. The molecule has 1 aliphatic rings. The Labute approximate surface area is 115 Å². The lowest BCUT2D eigenvalue weighted by molar-refractivity contribution is 0.0629. The van der Waals surface area contributed by atoms with E-state index in [0.29, 0.717) is 13.2 Å². The molecule has 1 aromatic carbocycles. The van der Waals surface area contributed by atoms with Crippen molar-refractivity contribution < 1.29 is 14.6 Å². The summed E-state index contributed by atoms with van der Waals surface area (Å²) in [6, 6.07) is 6.06. The molecule has 0 spiro atoms. The van der Waals surface area contributed by atoms with E-state index in [-0.39, 0.29) is 6.10 Å². The number of benzene rings is 1. The fourth-order valence-corrected chi connectivity index (χ4v) is 2.47. The van der Waals surface area contributed by atoms with Gasteiger partial charge in [0.2, 0.25) is 0 Å². The fourth-order valence-electron chi connectivity index (χ4n) is 2.07. The lowest BCUT2D eigenvalue weighted by Gasteiger charge is -2.14. The third-order valence-electron chi connectivity index (χ3n) is 2.87. The molecule has 4 nitrogen and oxygen atoms in total. The third-order valence-corrected chi connectivity index (χ3v) is 3.37. The first-order chi connectivity index (χ1) is 8.69. The van der Waals surface area contributed by atoms with Crippen molar-refractivity contribution in [1.29, 1.82) is 0 Å². The fraction of sp³-hybridized carbons (Fsp3) is 0.538. The lowest BCUT2D eigenvalue weighted by atomic mass is 10.1. The van der Waals surface area contributed by atoms with Crippen LogP contribution < -0.4 is 10.1 Å². The third kappa shape index (κ3) is 3.68. The summed E-state index contributed by atoms with van der Waals surface area (Å²) in [5.41, 5.74) is 1.23. The molecule has 0 aromatic heterocycles. The minimum Gasteiger partial charge on any atom is -0.488 e. The molecule has 0 radical (unpaired) electrons. The van der Waals surface area contributed by atoms with E-state index in [4.69, 9.17) is 9.47 Å². The molecule has 1 heterocycles. The first-order valence-corrected chi connectivity index (χ1v) is 6.81. The maximum Gasteiger partial charge on any atom is 0.123 e. The van der Waals surface area contributed by atoms with Gasteiger partial charge in [0, 0.05) is 31.1 Å². The van der Waals surface area contributed by atoms with Crippen LogP contribution in [0.15, 0.2) is 22.7 Å². The second-order valence-corrected chi connectivity index (χ2v) is 5.38. The minimum atomic E-state index is -0.465. The summed E-state index contributed by atoms with van der Waals surface area (Å²) in [6.45, 7) is 1.60. The molecule has 0 saturated carbocycles. The van der Waals surface area contributed by atoms with E-state index in [0.717, 1.165) is 23.2 Å². The van der Waals surface area contributed by atoms with E-state index in [9.17, 15) is 5.11 Å². The van der Waals surface area contributed by atoms with Gasteiger partial charge in [0.1, 0.15) is 11.9 Å². The smallest absolute Gasteiger partial charge is 0.123 e. The molecule has 2 atom stereocenters. The summed E-state index contributed by atoms with van der Waals surface area (Å²) in [5, 5.41) is 12.7. The van der Waals surface area contributed by atoms with Crippen molar-refractivity contribution in [2.75, 3.05) is 26.8 Å². The Morgan fingerprint density at radius 3 is 3.22 bits per heavy atom. The van der Waals surface area contributed by atoms with Crippen LogP contribution in [0.25, 0.3) is 0 Å². The summed E-state index contributed by atoms with van der Waals surface area (Å²) >= 11 is 3.46. The number of aliphatic hydroxyl groups excluding tert-OH is 1. The molecule has 5 heteroatoms. The van der Waals surface area contributed by atoms with Crippen LogP contribution in [0.2, 0.25) is 0 Å². The summed E-state index contributed by atoms with van der Waals surface area (Å²) in [4.78, 5) is 0. The predicted molar refractivity (Wildman–Crippen MR) is 73.0 cm³/mol. The summed E-state index contributed by atoms with van der Waals surface area (Å²) in [6.07, 6.45) is 0.583. The van der Waals surface area contributed by atoms with Crippen LogP contribution in [0.5, 0.6) is 5.75 Å². The molecular weight excluding hydrogens is 298 g/mol. The van der Waals surface area contributed by atoms with Gasteiger partial charge >= 0.3 is 0 Å². The highest BCUT2D eigenvalue weighted by atomic mass is 79.9. The van der Waals surface area contributed by atoms with Gasteiger partial charge in [-0.3, -0.25) is 0 Å². The minimum absolute atomic E-state index is 0.143. The molecule has 1 aromatic rings. The molecule has 2 N–H and O–H groups in total. The van der Waals surface area contributed by atoms with Crippen molar-refractivity contribution >= 4 is 15.9 Å². The van der Waals surface area contributed by atoms with E-state index in [2.05, 4.69) is 27.3 Å². The zero-order valence-electron chi connectivity index (χ0n) is 10.4. The Bertz CT molecular complexity index is 400. The molecule has 2 unspecified atom stereocenters. The van der Waals surface area contributed by atoms with Crippen molar-refractivity contribution in [2.24, 2.45) is 0 Å². The van der Waals surface area contributed by atoms with Crippen LogP contribution in [-0.2, 0) is 11.2 Å². The number of rotatable bonds is 6. The summed E-state index contributed by atoms with van der Waals surface area (Å²) in [5.74, 6) is 0.961. The van der Waals surface area contributed by atoms with Crippen LogP contribution in [0, 0.1) is 0 Å². The maximum atomic E-state index is 9.50. The van der Waals surface area contributed by atoms with Gasteiger partial charge in [0.05, 0.1) is 12.7 Å². The molecular formula is C13H18BrNO3. The highest BCUT2D eigenvalue weighted by Gasteiger charge is 2.22. The van der Waals surface area contributed by atoms with Crippen molar-refractivity contribution in [2.45, 2.75) is 18.6 Å². The number of nitrogens with one attached hydrogen (secondary N) is 1. The van der Waals surface area contributed by atoms with Gasteiger partial charge in [-0.2, -0.15) is 0 Å². The molecule has 0 aliphatic carbocycles. The summed E-state index contributed by atoms with van der Waals surface area (Å²) in [7, 11) is 1.58. The quantitative estimate of drug-likeness (QED) is 0.832. The standard InChI is InChI=1S/C13H18BrNO3/c1-17-8-11(16)6-15-7-12-5-9-4-10(14)2-3-13(9)18-12/h2-4,11-12,15-16H,5-8H2,1H3. The molecule has 2 rings (SSSR count). The van der Waals surface area contributed by atoms with E-state index in [1.165, 1.54) is 5.56 Å². The topological polar surface area (TPSA) is 50.7 Å². The number of fused-ring (bicyclic) bond motifs is 1. The first kappa shape index (κ1) is 13.8. The van der Waals surface area contributed by atoms with E-state index in [1.54, 1.807) is 7.11 Å². The molecule has 1 aliphatic heterocycles. The number of halogens is 1. The Morgan fingerprint density at radius 2 is 2.44 bits per heavy atom. The highest BCUT2D eigenvalue weighted by Crippen LogP contribution is 2.30. The number of hydrogen-bond donors (Lipinski definition) is 2. The number of methoxy groups -OCH3 is 1. The second kappa shape index (κ2) is 6.52. The SMILES string of the molecule is COCC(O)CNCC1Cc2cc(Br)ccc2O1. The van der Waals surface area contributed by atoms with Gasteiger partial charge in [-0.15, -0.1) is 0 Å². The summed E-state index contributed by atoms with van der Waals surface area (Å²) < 4.78 is 11.7. The molecule has 18 heavy (non-hydrogen) atoms. The van der Waals surface area contributed by atoms with Crippen molar-refractivity contribution in [3.05, 3.63) is 28.2 Å². The van der Waals surface area contributed by atoms with Crippen molar-refractivity contribution in [3.8, 4) is 5.75 Å². The Morgan fingerprint density at radius 1 is 1.61 bits per heavy atom. The van der Waals surface area contributed by atoms with Gasteiger partial charge in [-0.1, -0.05) is 15.9 Å². The number of hydrogen-bond acceptors (Lipinski definition) is 4. The van der Waals surface area contributed by atoms with Gasteiger partial charge in [0.25, 0.3) is 0 Å². The second-order valence-electron chi connectivity index (χ2n) is 4.46. The normalized spacial score (nSPS) is 19.4. The Hall–Kier alpha value is -0.620. The van der Waals surface area contributed by atoms with Crippen LogP contribution in [-0.4, -0.2) is 44.1 Å². The molecule has 0 amide bonds. The molecule has 100 valence electrons. The van der Waals surface area contributed by atoms with Gasteiger partial charge in [0.15, 0.2) is 0 Å². The predicted octanol–water partition coefficient (Wildman–Crippen LogP) is 1.35. The van der Waals surface area contributed by atoms with Crippen molar-refractivity contribution in [3.63, 3.8) is 0 Å². The van der Waals surface area contributed by atoms with Gasteiger partial charge in [-0.25, -0.2) is 0 Å². The number of ether oxygens (including phenoxy) is 2. The van der Waals surface area contributed by atoms with Crippen LogP contribution in [0.4, 0.5) is 0 Å². The van der Waals surface area contributed by atoms with E-state index < -0.39 is 6.10 Å². The first-order valence-electron chi connectivity index (χ1n) is 6.02. The lowest BCUT2D eigenvalue weighted by Crippen LogP contribution is -2.36. The largest absolute Gasteiger partial charge is 0.488 e. The average molecular weight is 316 g/mol. The zero-order valence-corrected chi connectivity index (χ0v) is 11.9. The van der Waals surface area contributed by atoms with Crippen LogP contribution >= 0.6 is 15.9 Å². The molecule has 0 fully saturated rings. The van der Waals surface area contributed by atoms with Crippen LogP contribution in [0.3, 0.4) is 0 Å². The number of aliphatic hydroxyl groups is 1. The van der Waals surface area contributed by atoms with Crippen molar-refractivity contribution in [1.82, 2.24) is 5.32 Å². The monoisotopic (exact) mass is 315 g/mol.